The number of hydrogen-bond acceptors (Lipinski definition) is 3. The van der Waals surface area contributed by atoms with E-state index in [-0.39, 0.29) is 5.92 Å². The van der Waals surface area contributed by atoms with Crippen molar-refractivity contribution in [2.75, 3.05) is 6.54 Å². The van der Waals surface area contributed by atoms with Crippen molar-refractivity contribution >= 4 is 11.9 Å². The summed E-state index contributed by atoms with van der Waals surface area (Å²) in [5.41, 5.74) is 0. The molecule has 1 fully saturated rings. The van der Waals surface area contributed by atoms with Crippen LogP contribution in [-0.4, -0.2) is 45.7 Å². The predicted molar refractivity (Wildman–Crippen MR) is 57.8 cm³/mol. The van der Waals surface area contributed by atoms with E-state index >= 15 is 0 Å². The van der Waals surface area contributed by atoms with Gasteiger partial charge >= 0.3 is 5.97 Å². The summed E-state index contributed by atoms with van der Waals surface area (Å²) in [4.78, 5) is 24.0. The van der Waals surface area contributed by atoms with Crippen molar-refractivity contribution in [3.8, 4) is 0 Å². The number of rotatable bonds is 5. The third-order valence-electron chi connectivity index (χ3n) is 3.12. The van der Waals surface area contributed by atoms with E-state index in [0.29, 0.717) is 13.0 Å². The molecule has 1 aliphatic heterocycles. The fourth-order valence-corrected chi connectivity index (χ4v) is 2.24. The van der Waals surface area contributed by atoms with Gasteiger partial charge in [-0.1, -0.05) is 20.3 Å². The van der Waals surface area contributed by atoms with E-state index in [0.717, 1.165) is 12.8 Å². The summed E-state index contributed by atoms with van der Waals surface area (Å²) in [7, 11) is 0. The van der Waals surface area contributed by atoms with Crippen molar-refractivity contribution in [1.82, 2.24) is 4.90 Å². The lowest BCUT2D eigenvalue weighted by atomic mass is 10.0. The standard InChI is InChI=1S/C11H19NO4/c1-3-5-7-6-12(10(14)9(7)13)8(4-2)11(15)16/h7-9,13H,3-6H2,1-2H3,(H,15,16)/t7-,8-,9-/m0/s1. The summed E-state index contributed by atoms with van der Waals surface area (Å²) >= 11 is 0. The molecule has 0 unspecified atom stereocenters. The normalized spacial score (nSPS) is 27.2. The Morgan fingerprint density at radius 2 is 2.19 bits per heavy atom. The first-order valence-electron chi connectivity index (χ1n) is 5.74. The van der Waals surface area contributed by atoms with Gasteiger partial charge < -0.3 is 15.1 Å². The topological polar surface area (TPSA) is 77.8 Å². The Labute approximate surface area is 95.1 Å². The van der Waals surface area contributed by atoms with Crippen LogP contribution in [0.5, 0.6) is 0 Å². The molecule has 0 bridgehead atoms. The molecular formula is C11H19NO4. The van der Waals surface area contributed by atoms with Crippen LogP contribution < -0.4 is 0 Å². The van der Waals surface area contributed by atoms with Gasteiger partial charge in [-0.3, -0.25) is 4.79 Å². The highest BCUT2D eigenvalue weighted by molar-refractivity contribution is 5.88. The Morgan fingerprint density at radius 1 is 1.56 bits per heavy atom. The number of carbonyl (C=O) groups is 2. The molecular weight excluding hydrogens is 210 g/mol. The fourth-order valence-electron chi connectivity index (χ4n) is 2.24. The van der Waals surface area contributed by atoms with Crippen LogP contribution in [0.15, 0.2) is 0 Å². The number of amides is 1. The van der Waals surface area contributed by atoms with Gasteiger partial charge in [-0.25, -0.2) is 4.79 Å². The first-order chi connectivity index (χ1) is 7.52. The molecule has 0 spiro atoms. The number of aliphatic hydroxyl groups is 1. The minimum atomic E-state index is -1.02. The van der Waals surface area contributed by atoms with E-state index in [1.807, 2.05) is 6.92 Å². The molecule has 1 amide bonds. The van der Waals surface area contributed by atoms with Gasteiger partial charge in [0, 0.05) is 12.5 Å². The van der Waals surface area contributed by atoms with Crippen LogP contribution in [0.25, 0.3) is 0 Å². The zero-order chi connectivity index (χ0) is 12.3. The highest BCUT2D eigenvalue weighted by Crippen LogP contribution is 2.25. The van der Waals surface area contributed by atoms with E-state index in [1.54, 1.807) is 6.92 Å². The van der Waals surface area contributed by atoms with Gasteiger partial charge in [-0.2, -0.15) is 0 Å². The molecule has 1 aliphatic rings. The van der Waals surface area contributed by atoms with Gasteiger partial charge in [0.25, 0.3) is 5.91 Å². The van der Waals surface area contributed by atoms with E-state index in [2.05, 4.69) is 0 Å². The summed E-state index contributed by atoms with van der Waals surface area (Å²) in [5, 5.41) is 18.7. The maximum Gasteiger partial charge on any atom is 0.326 e. The van der Waals surface area contributed by atoms with E-state index in [9.17, 15) is 14.7 Å². The molecule has 1 heterocycles. The zero-order valence-corrected chi connectivity index (χ0v) is 9.72. The lowest BCUT2D eigenvalue weighted by molar-refractivity contribution is -0.150. The van der Waals surface area contributed by atoms with Crippen molar-refractivity contribution in [3.63, 3.8) is 0 Å². The molecule has 3 atom stereocenters. The maximum atomic E-state index is 11.7. The highest BCUT2D eigenvalue weighted by atomic mass is 16.4. The molecule has 0 aromatic heterocycles. The fraction of sp³-hybridized carbons (Fsp3) is 0.818. The third kappa shape index (κ3) is 2.35. The molecule has 0 radical (unpaired) electrons. The SMILES string of the molecule is CCC[C@H]1CN([C@@H](CC)C(=O)O)C(=O)[C@H]1O. The van der Waals surface area contributed by atoms with Gasteiger partial charge in [0.15, 0.2) is 0 Å². The van der Waals surface area contributed by atoms with E-state index < -0.39 is 24.0 Å². The number of carboxylic acids is 1. The Kier molecular flexibility index (Phi) is 4.29. The molecule has 1 saturated heterocycles. The van der Waals surface area contributed by atoms with Gasteiger partial charge in [0.2, 0.25) is 0 Å². The first-order valence-corrected chi connectivity index (χ1v) is 5.74. The number of carboxylic acid groups (broad SMARTS) is 1. The molecule has 1 rings (SSSR count). The van der Waals surface area contributed by atoms with Gasteiger partial charge in [0.1, 0.15) is 12.1 Å². The molecule has 0 aromatic carbocycles. The number of aliphatic hydroxyl groups excluding tert-OH is 1. The Balaban J connectivity index is 2.76. The minimum Gasteiger partial charge on any atom is -0.480 e. The highest BCUT2D eigenvalue weighted by Gasteiger charge is 2.42. The van der Waals surface area contributed by atoms with Crippen LogP contribution in [0.4, 0.5) is 0 Å². The van der Waals surface area contributed by atoms with Crippen LogP contribution in [-0.2, 0) is 9.59 Å². The van der Waals surface area contributed by atoms with E-state index in [4.69, 9.17) is 5.11 Å². The van der Waals surface area contributed by atoms with Crippen LogP contribution in [0, 0.1) is 5.92 Å². The summed E-state index contributed by atoms with van der Waals surface area (Å²) in [5.74, 6) is -1.56. The van der Waals surface area contributed by atoms with Crippen LogP contribution in [0.1, 0.15) is 33.1 Å². The minimum absolute atomic E-state index is 0.120. The average Bonchev–Trinajstić information content (AvgIpc) is 2.48. The summed E-state index contributed by atoms with van der Waals surface area (Å²) in [6, 6.07) is -0.802. The molecule has 92 valence electrons. The second-order valence-corrected chi connectivity index (χ2v) is 4.25. The molecule has 0 saturated carbocycles. The maximum absolute atomic E-state index is 11.7. The molecule has 5 heteroatoms. The summed E-state index contributed by atoms with van der Waals surface area (Å²) in [6.45, 7) is 4.07. The largest absolute Gasteiger partial charge is 0.480 e. The number of carbonyl (C=O) groups excluding carboxylic acids is 1. The van der Waals surface area contributed by atoms with Crippen LogP contribution in [0.2, 0.25) is 0 Å². The summed E-state index contributed by atoms with van der Waals surface area (Å²) < 4.78 is 0. The summed E-state index contributed by atoms with van der Waals surface area (Å²) in [6.07, 6.45) is 0.979. The Morgan fingerprint density at radius 3 is 2.62 bits per heavy atom. The van der Waals surface area contributed by atoms with E-state index in [1.165, 1.54) is 4.90 Å². The number of hydrogen-bond donors (Lipinski definition) is 2. The van der Waals surface area contributed by atoms with Gasteiger partial charge in [-0.15, -0.1) is 0 Å². The lowest BCUT2D eigenvalue weighted by Crippen LogP contribution is -2.43. The smallest absolute Gasteiger partial charge is 0.326 e. The van der Waals surface area contributed by atoms with Crippen molar-refractivity contribution in [3.05, 3.63) is 0 Å². The molecule has 16 heavy (non-hydrogen) atoms. The zero-order valence-electron chi connectivity index (χ0n) is 9.72. The average molecular weight is 229 g/mol. The van der Waals surface area contributed by atoms with Crippen molar-refractivity contribution < 1.29 is 19.8 Å². The molecule has 0 aromatic rings. The number of aliphatic carboxylic acids is 1. The van der Waals surface area contributed by atoms with Crippen LogP contribution in [0.3, 0.4) is 0 Å². The Bertz CT molecular complexity index is 279. The second-order valence-electron chi connectivity index (χ2n) is 4.25. The molecule has 2 N–H and O–H groups in total. The Hall–Kier alpha value is -1.10. The second kappa shape index (κ2) is 5.30. The van der Waals surface area contributed by atoms with Gasteiger partial charge in [0.05, 0.1) is 0 Å². The van der Waals surface area contributed by atoms with Crippen LogP contribution >= 0.6 is 0 Å². The lowest BCUT2D eigenvalue weighted by Gasteiger charge is -2.23. The number of likely N-dealkylation sites (tertiary alicyclic amines) is 1. The third-order valence-corrected chi connectivity index (χ3v) is 3.12. The monoisotopic (exact) mass is 229 g/mol. The van der Waals surface area contributed by atoms with Crippen molar-refractivity contribution in [2.45, 2.75) is 45.3 Å². The molecule has 0 aliphatic carbocycles. The predicted octanol–water partition coefficient (Wildman–Crippen LogP) is 0.469. The molecule has 5 nitrogen and oxygen atoms in total. The quantitative estimate of drug-likeness (QED) is 0.718. The van der Waals surface area contributed by atoms with Crippen molar-refractivity contribution in [1.29, 1.82) is 0 Å². The van der Waals surface area contributed by atoms with Gasteiger partial charge in [-0.05, 0) is 12.8 Å². The first kappa shape index (κ1) is 13.0. The van der Waals surface area contributed by atoms with Crippen molar-refractivity contribution in [2.24, 2.45) is 5.92 Å². The number of nitrogens with zero attached hydrogens (tertiary/aromatic N) is 1.